The van der Waals surface area contributed by atoms with Crippen molar-refractivity contribution < 1.29 is 17.6 Å². The summed E-state index contributed by atoms with van der Waals surface area (Å²) in [6.07, 6.45) is 0. The van der Waals surface area contributed by atoms with E-state index in [9.17, 15) is 17.6 Å². The van der Waals surface area contributed by atoms with Crippen LogP contribution >= 0.6 is 0 Å². The Labute approximate surface area is 130 Å². The first-order valence-corrected chi connectivity index (χ1v) is 8.74. The Morgan fingerprint density at radius 1 is 1.27 bits per heavy atom. The van der Waals surface area contributed by atoms with E-state index in [-0.39, 0.29) is 24.5 Å². The highest BCUT2D eigenvalue weighted by Crippen LogP contribution is 2.16. The predicted octanol–water partition coefficient (Wildman–Crippen LogP) is 1.63. The van der Waals surface area contributed by atoms with Crippen LogP contribution in [-0.2, 0) is 10.0 Å². The van der Waals surface area contributed by atoms with Gasteiger partial charge in [-0.25, -0.2) is 17.6 Å². The molecule has 8 heteroatoms. The van der Waals surface area contributed by atoms with Gasteiger partial charge in [0.1, 0.15) is 5.82 Å². The quantitative estimate of drug-likeness (QED) is 0.916. The highest BCUT2D eigenvalue weighted by molar-refractivity contribution is 7.89. The molecule has 1 aliphatic heterocycles. The van der Waals surface area contributed by atoms with Crippen molar-refractivity contribution >= 4 is 21.7 Å². The molecule has 22 heavy (non-hydrogen) atoms. The molecule has 2 amide bonds. The number of rotatable bonds is 3. The fourth-order valence-corrected chi connectivity index (χ4v) is 3.35. The van der Waals surface area contributed by atoms with Crippen LogP contribution in [0.1, 0.15) is 12.5 Å². The van der Waals surface area contributed by atoms with Gasteiger partial charge in [-0.05, 0) is 31.5 Å². The molecular formula is C14H20FN3O3S. The molecule has 0 saturated carbocycles. The molecule has 1 saturated heterocycles. The number of nitrogens with one attached hydrogen (secondary N) is 1. The van der Waals surface area contributed by atoms with E-state index in [1.54, 1.807) is 19.9 Å². The maximum Gasteiger partial charge on any atom is 0.322 e. The number of halogens is 1. The highest BCUT2D eigenvalue weighted by atomic mass is 32.2. The molecule has 0 aliphatic carbocycles. The third-order valence-electron chi connectivity index (χ3n) is 3.65. The smallest absolute Gasteiger partial charge is 0.322 e. The minimum Gasteiger partial charge on any atom is -0.322 e. The fraction of sp³-hybridized carbons (Fsp3) is 0.500. The molecule has 1 aromatic rings. The molecule has 0 bridgehead atoms. The lowest BCUT2D eigenvalue weighted by atomic mass is 10.2. The van der Waals surface area contributed by atoms with E-state index < -0.39 is 21.9 Å². The molecule has 0 radical (unpaired) electrons. The summed E-state index contributed by atoms with van der Waals surface area (Å²) >= 11 is 0. The molecule has 122 valence electrons. The number of sulfonamides is 1. The van der Waals surface area contributed by atoms with Crippen molar-refractivity contribution in [2.45, 2.75) is 13.8 Å². The number of nitrogens with zero attached hydrogens (tertiary/aromatic N) is 2. The van der Waals surface area contributed by atoms with Crippen molar-refractivity contribution in [1.29, 1.82) is 0 Å². The van der Waals surface area contributed by atoms with Crippen LogP contribution in [0.5, 0.6) is 0 Å². The lowest BCUT2D eigenvalue weighted by Gasteiger charge is -2.33. The van der Waals surface area contributed by atoms with Gasteiger partial charge < -0.3 is 10.2 Å². The fourth-order valence-electron chi connectivity index (χ4n) is 2.27. The summed E-state index contributed by atoms with van der Waals surface area (Å²) in [6.45, 7) is 4.47. The molecule has 0 aromatic heterocycles. The topological polar surface area (TPSA) is 69.7 Å². The average molecular weight is 329 g/mol. The second-order valence-electron chi connectivity index (χ2n) is 5.20. The molecule has 1 N–H and O–H groups in total. The van der Waals surface area contributed by atoms with Gasteiger partial charge in [0.25, 0.3) is 0 Å². The molecule has 0 atom stereocenters. The average Bonchev–Trinajstić information content (AvgIpc) is 2.50. The lowest BCUT2D eigenvalue weighted by Crippen LogP contribution is -2.51. The zero-order chi connectivity index (χ0) is 16.3. The van der Waals surface area contributed by atoms with Crippen molar-refractivity contribution in [3.63, 3.8) is 0 Å². The SMILES string of the molecule is CCS(=O)(=O)N1CCN(C(=O)Nc2ccc(C)cc2F)CC1. The van der Waals surface area contributed by atoms with E-state index in [2.05, 4.69) is 5.32 Å². The van der Waals surface area contributed by atoms with E-state index in [0.717, 1.165) is 5.56 Å². The van der Waals surface area contributed by atoms with E-state index in [0.29, 0.717) is 13.1 Å². The van der Waals surface area contributed by atoms with Gasteiger partial charge in [0, 0.05) is 26.2 Å². The van der Waals surface area contributed by atoms with Gasteiger partial charge in [0.15, 0.2) is 0 Å². The Hall–Kier alpha value is -1.67. The third kappa shape index (κ3) is 3.75. The van der Waals surface area contributed by atoms with Crippen molar-refractivity contribution in [3.8, 4) is 0 Å². The van der Waals surface area contributed by atoms with Gasteiger partial charge in [0.2, 0.25) is 10.0 Å². The number of hydrogen-bond acceptors (Lipinski definition) is 3. The number of urea groups is 1. The Balaban J connectivity index is 1.95. The van der Waals surface area contributed by atoms with Gasteiger partial charge in [-0.3, -0.25) is 0 Å². The zero-order valence-corrected chi connectivity index (χ0v) is 13.5. The molecule has 1 aliphatic rings. The molecule has 1 fully saturated rings. The van der Waals surface area contributed by atoms with Gasteiger partial charge in [-0.2, -0.15) is 4.31 Å². The lowest BCUT2D eigenvalue weighted by molar-refractivity contribution is 0.184. The van der Waals surface area contributed by atoms with Gasteiger partial charge in [-0.1, -0.05) is 6.07 Å². The summed E-state index contributed by atoms with van der Waals surface area (Å²) in [4.78, 5) is 13.6. The summed E-state index contributed by atoms with van der Waals surface area (Å²) < 4.78 is 38.6. The van der Waals surface area contributed by atoms with Crippen molar-refractivity contribution in [1.82, 2.24) is 9.21 Å². The number of anilines is 1. The number of carbonyl (C=O) groups is 1. The summed E-state index contributed by atoms with van der Waals surface area (Å²) in [6, 6.07) is 4.16. The largest absolute Gasteiger partial charge is 0.322 e. The summed E-state index contributed by atoms with van der Waals surface area (Å²) in [5.74, 6) is -0.436. The Bertz CT molecular complexity index is 655. The van der Waals surface area contributed by atoms with Gasteiger partial charge >= 0.3 is 6.03 Å². The number of hydrogen-bond donors (Lipinski definition) is 1. The number of piperazine rings is 1. The molecule has 0 unspecified atom stereocenters. The Morgan fingerprint density at radius 3 is 2.45 bits per heavy atom. The first-order valence-electron chi connectivity index (χ1n) is 7.13. The predicted molar refractivity (Wildman–Crippen MR) is 82.8 cm³/mol. The number of aryl methyl sites for hydroxylation is 1. The van der Waals surface area contributed by atoms with Crippen LogP contribution in [0.25, 0.3) is 0 Å². The zero-order valence-electron chi connectivity index (χ0n) is 12.7. The van der Waals surface area contributed by atoms with Crippen LogP contribution in [0.3, 0.4) is 0 Å². The Morgan fingerprint density at radius 2 is 1.91 bits per heavy atom. The van der Waals surface area contributed by atoms with Gasteiger partial charge in [0.05, 0.1) is 11.4 Å². The molecule has 2 rings (SSSR count). The minimum atomic E-state index is -3.23. The van der Waals surface area contributed by atoms with E-state index in [1.807, 2.05) is 0 Å². The van der Waals surface area contributed by atoms with E-state index >= 15 is 0 Å². The molecular weight excluding hydrogens is 309 g/mol. The van der Waals surface area contributed by atoms with Crippen molar-refractivity contribution in [3.05, 3.63) is 29.6 Å². The highest BCUT2D eigenvalue weighted by Gasteiger charge is 2.27. The number of benzene rings is 1. The molecule has 1 heterocycles. The Kier molecular flexibility index (Phi) is 5.02. The maximum absolute atomic E-state index is 13.7. The van der Waals surface area contributed by atoms with Crippen LogP contribution < -0.4 is 5.32 Å². The second-order valence-corrected chi connectivity index (χ2v) is 7.46. The first kappa shape index (κ1) is 16.7. The monoisotopic (exact) mass is 329 g/mol. The van der Waals surface area contributed by atoms with Crippen molar-refractivity contribution in [2.75, 3.05) is 37.2 Å². The first-order chi connectivity index (χ1) is 10.3. The maximum atomic E-state index is 13.7. The van der Waals surface area contributed by atoms with Crippen LogP contribution in [0.2, 0.25) is 0 Å². The summed E-state index contributed by atoms with van der Waals surface area (Å²) in [5.41, 5.74) is 0.896. The van der Waals surface area contributed by atoms with Crippen LogP contribution in [0.4, 0.5) is 14.9 Å². The van der Waals surface area contributed by atoms with E-state index in [1.165, 1.54) is 21.3 Å². The van der Waals surface area contributed by atoms with Crippen LogP contribution in [-0.4, -0.2) is 55.6 Å². The number of carbonyl (C=O) groups excluding carboxylic acids is 1. The van der Waals surface area contributed by atoms with Crippen LogP contribution in [0, 0.1) is 12.7 Å². The second kappa shape index (κ2) is 6.62. The molecule has 0 spiro atoms. The summed E-state index contributed by atoms with van der Waals surface area (Å²) in [7, 11) is -3.23. The van der Waals surface area contributed by atoms with Crippen molar-refractivity contribution in [2.24, 2.45) is 0 Å². The molecule has 6 nitrogen and oxygen atoms in total. The van der Waals surface area contributed by atoms with Crippen LogP contribution in [0.15, 0.2) is 18.2 Å². The molecule has 1 aromatic carbocycles. The van der Waals surface area contributed by atoms with E-state index in [4.69, 9.17) is 0 Å². The summed E-state index contributed by atoms with van der Waals surface area (Å²) in [5, 5.41) is 2.52. The normalized spacial score (nSPS) is 16.6. The standard InChI is InChI=1S/C14H20FN3O3S/c1-3-22(20,21)18-8-6-17(7-9-18)14(19)16-13-5-4-11(2)10-12(13)15/h4-5,10H,3,6-9H2,1-2H3,(H,16,19). The minimum absolute atomic E-state index is 0.0494. The third-order valence-corrected chi connectivity index (χ3v) is 5.53. The van der Waals surface area contributed by atoms with Gasteiger partial charge in [-0.15, -0.1) is 0 Å². The number of amides is 2.